The maximum atomic E-state index is 5.78. The highest BCUT2D eigenvalue weighted by Gasteiger charge is 2.20. The van der Waals surface area contributed by atoms with E-state index in [1.807, 2.05) is 11.8 Å². The Morgan fingerprint density at radius 1 is 1.21 bits per heavy atom. The number of benzene rings is 1. The van der Waals surface area contributed by atoms with E-state index in [9.17, 15) is 0 Å². The maximum Gasteiger partial charge on any atom is 0.0669 e. The van der Waals surface area contributed by atoms with Crippen LogP contribution in [0, 0.1) is 0 Å². The first-order chi connectivity index (χ1) is 9.40. The van der Waals surface area contributed by atoms with Crippen LogP contribution in [0.15, 0.2) is 29.2 Å². The molecule has 1 saturated heterocycles. The molecule has 1 heterocycles. The summed E-state index contributed by atoms with van der Waals surface area (Å²) >= 11 is 1.94. The van der Waals surface area contributed by atoms with E-state index in [-0.39, 0.29) is 0 Å². The summed E-state index contributed by atoms with van der Waals surface area (Å²) < 4.78 is 5.78. The van der Waals surface area contributed by atoms with Crippen molar-refractivity contribution >= 4 is 11.8 Å². The van der Waals surface area contributed by atoms with Crippen LogP contribution in [0.4, 0.5) is 0 Å². The van der Waals surface area contributed by atoms with Crippen molar-refractivity contribution < 1.29 is 4.74 Å². The zero-order chi connectivity index (χ0) is 12.9. The minimum atomic E-state index is 0.465. The molecule has 104 valence electrons. The van der Waals surface area contributed by atoms with Gasteiger partial charge in [-0.05, 0) is 49.8 Å². The lowest BCUT2D eigenvalue weighted by Gasteiger charge is -2.22. The van der Waals surface area contributed by atoms with Crippen LogP contribution in [0.2, 0.25) is 0 Å². The van der Waals surface area contributed by atoms with E-state index in [2.05, 4.69) is 29.6 Å². The molecule has 3 rings (SSSR count). The second kappa shape index (κ2) is 6.78. The van der Waals surface area contributed by atoms with E-state index in [4.69, 9.17) is 4.74 Å². The zero-order valence-corrected chi connectivity index (χ0v) is 12.3. The molecular formula is C16H23NOS. The first-order valence-corrected chi connectivity index (χ1v) is 8.45. The second-order valence-corrected chi connectivity index (χ2v) is 6.70. The predicted octanol–water partition coefficient (Wildman–Crippen LogP) is 3.60. The topological polar surface area (TPSA) is 21.3 Å². The van der Waals surface area contributed by atoms with Crippen LogP contribution >= 0.6 is 11.8 Å². The largest absolute Gasteiger partial charge is 0.377 e. The summed E-state index contributed by atoms with van der Waals surface area (Å²) in [6, 6.07) is 9.72. The number of hydrogen-bond acceptors (Lipinski definition) is 3. The van der Waals surface area contributed by atoms with Gasteiger partial charge in [-0.2, -0.15) is 0 Å². The molecule has 0 spiro atoms. The zero-order valence-electron chi connectivity index (χ0n) is 11.4. The van der Waals surface area contributed by atoms with Crippen LogP contribution in [0.1, 0.15) is 37.7 Å². The van der Waals surface area contributed by atoms with Crippen molar-refractivity contribution in [1.29, 1.82) is 0 Å². The molecule has 1 aromatic carbocycles. The molecule has 0 amide bonds. The number of thioether (sulfide) groups is 1. The average molecular weight is 277 g/mol. The molecule has 1 unspecified atom stereocenters. The first kappa shape index (κ1) is 13.5. The number of hydrogen-bond donors (Lipinski definition) is 1. The van der Waals surface area contributed by atoms with Gasteiger partial charge in [0.25, 0.3) is 0 Å². The molecule has 0 aromatic heterocycles. The molecule has 1 aliphatic carbocycles. The standard InChI is InChI=1S/C16H23NOS/c1-2-9-18-15(5-1)12-19-16-6-3-4-13(10-16)11-17-14-7-8-14/h3-4,6,10,14-15,17H,1-2,5,7-9,11-12H2. The lowest BCUT2D eigenvalue weighted by Crippen LogP contribution is -2.21. The molecule has 1 aromatic rings. The number of rotatable bonds is 6. The van der Waals surface area contributed by atoms with Gasteiger partial charge in [-0.15, -0.1) is 11.8 Å². The van der Waals surface area contributed by atoms with Crippen molar-refractivity contribution in [1.82, 2.24) is 5.32 Å². The molecule has 1 N–H and O–H groups in total. The third-order valence-corrected chi connectivity index (χ3v) is 4.91. The summed E-state index contributed by atoms with van der Waals surface area (Å²) in [7, 11) is 0. The van der Waals surface area contributed by atoms with Crippen molar-refractivity contribution in [3.8, 4) is 0 Å². The Balaban J connectivity index is 1.47. The molecule has 1 aliphatic heterocycles. The molecule has 2 fully saturated rings. The fourth-order valence-corrected chi connectivity index (χ4v) is 3.47. The SMILES string of the molecule is c1cc(CNC2CC2)cc(SCC2CCCCO2)c1. The van der Waals surface area contributed by atoms with E-state index in [1.54, 1.807) is 0 Å². The molecule has 19 heavy (non-hydrogen) atoms. The summed E-state index contributed by atoms with van der Waals surface area (Å²) in [5.41, 5.74) is 1.40. The van der Waals surface area contributed by atoms with E-state index in [0.29, 0.717) is 6.10 Å². The van der Waals surface area contributed by atoms with Crippen LogP contribution in [0.5, 0.6) is 0 Å². The van der Waals surface area contributed by atoms with E-state index in [0.717, 1.165) is 24.9 Å². The highest BCUT2D eigenvalue weighted by atomic mass is 32.2. The van der Waals surface area contributed by atoms with Crippen LogP contribution < -0.4 is 5.32 Å². The molecule has 0 bridgehead atoms. The molecule has 1 atom stereocenters. The highest BCUT2D eigenvalue weighted by molar-refractivity contribution is 7.99. The Bertz CT molecular complexity index is 399. The highest BCUT2D eigenvalue weighted by Crippen LogP contribution is 2.25. The Kier molecular flexibility index (Phi) is 4.81. The third kappa shape index (κ3) is 4.51. The van der Waals surface area contributed by atoms with Gasteiger partial charge in [-0.1, -0.05) is 12.1 Å². The Hall–Kier alpha value is -0.510. The van der Waals surface area contributed by atoms with Gasteiger partial charge in [0.15, 0.2) is 0 Å². The van der Waals surface area contributed by atoms with Gasteiger partial charge in [0.1, 0.15) is 0 Å². The van der Waals surface area contributed by atoms with Crippen molar-refractivity contribution in [2.75, 3.05) is 12.4 Å². The van der Waals surface area contributed by atoms with Crippen molar-refractivity contribution in [2.45, 2.75) is 55.7 Å². The Morgan fingerprint density at radius 2 is 2.16 bits per heavy atom. The predicted molar refractivity (Wildman–Crippen MR) is 80.6 cm³/mol. The lowest BCUT2D eigenvalue weighted by molar-refractivity contribution is 0.0315. The van der Waals surface area contributed by atoms with Crippen LogP contribution in [-0.2, 0) is 11.3 Å². The van der Waals surface area contributed by atoms with Gasteiger partial charge in [0.2, 0.25) is 0 Å². The number of ether oxygens (including phenoxy) is 1. The number of nitrogens with one attached hydrogen (secondary N) is 1. The van der Waals surface area contributed by atoms with Gasteiger partial charge in [-0.3, -0.25) is 0 Å². The van der Waals surface area contributed by atoms with E-state index >= 15 is 0 Å². The monoisotopic (exact) mass is 277 g/mol. The summed E-state index contributed by atoms with van der Waals surface area (Å²) in [5, 5.41) is 3.57. The van der Waals surface area contributed by atoms with Crippen LogP contribution in [-0.4, -0.2) is 24.5 Å². The lowest BCUT2D eigenvalue weighted by atomic mass is 10.1. The summed E-state index contributed by atoms with van der Waals surface area (Å²) in [6.45, 7) is 1.97. The summed E-state index contributed by atoms with van der Waals surface area (Å²) in [4.78, 5) is 1.38. The first-order valence-electron chi connectivity index (χ1n) is 7.47. The third-order valence-electron chi connectivity index (χ3n) is 3.78. The van der Waals surface area contributed by atoms with Crippen LogP contribution in [0.25, 0.3) is 0 Å². The average Bonchev–Trinajstić information content (AvgIpc) is 3.29. The van der Waals surface area contributed by atoms with Gasteiger partial charge < -0.3 is 10.1 Å². The van der Waals surface area contributed by atoms with Crippen molar-refractivity contribution in [3.63, 3.8) is 0 Å². The van der Waals surface area contributed by atoms with Crippen LogP contribution in [0.3, 0.4) is 0 Å². The molecule has 1 saturated carbocycles. The Labute approximate surface area is 120 Å². The normalized spacial score (nSPS) is 23.5. The molecule has 2 nitrogen and oxygen atoms in total. The molecule has 0 radical (unpaired) electrons. The second-order valence-electron chi connectivity index (χ2n) is 5.60. The van der Waals surface area contributed by atoms with E-state index in [1.165, 1.54) is 42.6 Å². The fourth-order valence-electron chi connectivity index (χ4n) is 2.42. The Morgan fingerprint density at radius 3 is 2.95 bits per heavy atom. The summed E-state index contributed by atoms with van der Waals surface area (Å²) in [5.74, 6) is 1.10. The molecular weight excluding hydrogens is 254 g/mol. The maximum absolute atomic E-state index is 5.78. The van der Waals surface area contributed by atoms with Gasteiger partial charge in [-0.25, -0.2) is 0 Å². The minimum Gasteiger partial charge on any atom is -0.377 e. The van der Waals surface area contributed by atoms with Gasteiger partial charge >= 0.3 is 0 Å². The smallest absolute Gasteiger partial charge is 0.0669 e. The molecule has 2 aliphatic rings. The van der Waals surface area contributed by atoms with Crippen molar-refractivity contribution in [3.05, 3.63) is 29.8 Å². The van der Waals surface area contributed by atoms with Crippen molar-refractivity contribution in [2.24, 2.45) is 0 Å². The van der Waals surface area contributed by atoms with Gasteiger partial charge in [0.05, 0.1) is 6.10 Å². The minimum absolute atomic E-state index is 0.465. The summed E-state index contributed by atoms with van der Waals surface area (Å²) in [6.07, 6.45) is 6.98. The molecule has 3 heteroatoms. The quantitative estimate of drug-likeness (QED) is 0.803. The van der Waals surface area contributed by atoms with Gasteiger partial charge in [0, 0.05) is 29.8 Å². The van der Waals surface area contributed by atoms with E-state index < -0.39 is 0 Å². The fraction of sp³-hybridized carbons (Fsp3) is 0.625.